The van der Waals surface area contributed by atoms with Crippen molar-refractivity contribution in [3.05, 3.63) is 74.6 Å². The van der Waals surface area contributed by atoms with Crippen molar-refractivity contribution in [3.8, 4) is 5.75 Å². The maximum absolute atomic E-state index is 14.3. The predicted molar refractivity (Wildman–Crippen MR) is 110 cm³/mol. The summed E-state index contributed by atoms with van der Waals surface area (Å²) in [5.74, 6) is -0.510. The molecule has 3 N–H and O–H groups in total. The first-order valence-electron chi connectivity index (χ1n) is 8.71. The van der Waals surface area contributed by atoms with E-state index in [9.17, 15) is 14.3 Å². The third-order valence-corrected chi connectivity index (χ3v) is 4.05. The summed E-state index contributed by atoms with van der Waals surface area (Å²) >= 11 is 0. The third-order valence-electron chi connectivity index (χ3n) is 4.05. The van der Waals surface area contributed by atoms with E-state index in [4.69, 9.17) is 10.2 Å². The van der Waals surface area contributed by atoms with E-state index in [2.05, 4.69) is 5.32 Å². The molecule has 8 heteroatoms. The predicted octanol–water partition coefficient (Wildman–Crippen LogP) is 3.49. The maximum atomic E-state index is 14.3. The molecule has 2 aromatic carbocycles. The van der Waals surface area contributed by atoms with Crippen LogP contribution < -0.4 is 11.4 Å². The van der Waals surface area contributed by atoms with Crippen molar-refractivity contribution < 1.29 is 46.6 Å². The summed E-state index contributed by atoms with van der Waals surface area (Å²) in [7, 11) is 7.26. The topological polar surface area (TPSA) is 93.8 Å². The molecule has 3 aromatic rings. The SMILES string of the molecule is CN(C)Cc1c(Cc2cccc(N)c2F)c(=O)oc2cc(O)ccc12.C[N-]C.[Y]. The Morgan fingerprint density at radius 2 is 1.83 bits per heavy atom. The first-order chi connectivity index (χ1) is 13.3. The van der Waals surface area contributed by atoms with Gasteiger partial charge < -0.3 is 25.5 Å². The number of hydrogen-bond acceptors (Lipinski definition) is 5. The van der Waals surface area contributed by atoms with Crippen molar-refractivity contribution in [2.45, 2.75) is 13.0 Å². The second kappa shape index (κ2) is 11.4. The number of rotatable bonds is 4. The minimum absolute atomic E-state index is 0. The van der Waals surface area contributed by atoms with Gasteiger partial charge in [0.25, 0.3) is 0 Å². The number of benzene rings is 2. The fourth-order valence-electron chi connectivity index (χ4n) is 2.89. The molecule has 0 fully saturated rings. The summed E-state index contributed by atoms with van der Waals surface area (Å²) in [5.41, 5.74) is 6.90. The molecule has 0 aliphatic rings. The zero-order chi connectivity index (χ0) is 20.8. The number of aromatic hydroxyl groups is 1. The number of nitrogens with zero attached hydrogens (tertiary/aromatic N) is 2. The second-order valence-electron chi connectivity index (χ2n) is 6.71. The van der Waals surface area contributed by atoms with Crippen LogP contribution in [0.5, 0.6) is 5.75 Å². The number of anilines is 1. The van der Waals surface area contributed by atoms with Crippen LogP contribution in [-0.2, 0) is 45.7 Å². The van der Waals surface area contributed by atoms with Crippen molar-refractivity contribution in [1.82, 2.24) is 4.90 Å². The van der Waals surface area contributed by atoms with Crippen LogP contribution in [0.2, 0.25) is 0 Å². The van der Waals surface area contributed by atoms with Crippen LogP contribution >= 0.6 is 0 Å². The second-order valence-corrected chi connectivity index (χ2v) is 6.71. The van der Waals surface area contributed by atoms with Gasteiger partial charge in [0.05, 0.1) is 5.69 Å². The first kappa shape index (κ1) is 25.2. The van der Waals surface area contributed by atoms with Crippen LogP contribution in [-0.4, -0.2) is 38.2 Å². The summed E-state index contributed by atoms with van der Waals surface area (Å²) in [6.07, 6.45) is 0.0825. The van der Waals surface area contributed by atoms with E-state index in [1.807, 2.05) is 19.0 Å². The molecule has 0 aliphatic carbocycles. The molecule has 0 saturated heterocycles. The Kier molecular flexibility index (Phi) is 9.93. The molecular formula is C21H25FN3O3Y-. The van der Waals surface area contributed by atoms with Gasteiger partial charge in [-0.05, 0) is 43.4 Å². The smallest absolute Gasteiger partial charge is 0.340 e. The van der Waals surface area contributed by atoms with Gasteiger partial charge in [-0.25, -0.2) is 9.18 Å². The summed E-state index contributed by atoms with van der Waals surface area (Å²) in [6.45, 7) is 0.478. The third kappa shape index (κ3) is 6.34. The van der Waals surface area contributed by atoms with E-state index >= 15 is 0 Å². The number of halogens is 1. The fourth-order valence-corrected chi connectivity index (χ4v) is 2.89. The number of fused-ring (bicyclic) bond motifs is 1. The van der Waals surface area contributed by atoms with E-state index in [1.165, 1.54) is 18.2 Å². The van der Waals surface area contributed by atoms with Crippen molar-refractivity contribution in [3.63, 3.8) is 0 Å². The minimum Gasteiger partial charge on any atom is -0.668 e. The van der Waals surface area contributed by atoms with Gasteiger partial charge in [-0.1, -0.05) is 12.1 Å². The van der Waals surface area contributed by atoms with Crippen molar-refractivity contribution in [1.29, 1.82) is 0 Å². The van der Waals surface area contributed by atoms with Crippen molar-refractivity contribution >= 4 is 16.7 Å². The monoisotopic (exact) mass is 475 g/mol. The van der Waals surface area contributed by atoms with Crippen molar-refractivity contribution in [2.75, 3.05) is 33.9 Å². The molecule has 0 aliphatic heterocycles. The Labute approximate surface area is 194 Å². The van der Waals surface area contributed by atoms with Crippen LogP contribution in [0.15, 0.2) is 45.6 Å². The van der Waals surface area contributed by atoms with E-state index in [0.29, 0.717) is 28.6 Å². The van der Waals surface area contributed by atoms with Crippen LogP contribution in [0.4, 0.5) is 10.1 Å². The summed E-state index contributed by atoms with van der Waals surface area (Å²) in [5, 5.41) is 13.8. The van der Waals surface area contributed by atoms with Crippen LogP contribution in [0.1, 0.15) is 16.7 Å². The fraction of sp³-hybridized carbons (Fsp3) is 0.286. The molecule has 0 atom stereocenters. The van der Waals surface area contributed by atoms with Crippen LogP contribution in [0.3, 0.4) is 0 Å². The summed E-state index contributed by atoms with van der Waals surface area (Å²) in [4.78, 5) is 14.4. The average Bonchev–Trinajstić information content (AvgIpc) is 2.61. The molecule has 29 heavy (non-hydrogen) atoms. The van der Waals surface area contributed by atoms with Gasteiger partial charge in [-0.15, -0.1) is 0 Å². The van der Waals surface area contributed by atoms with E-state index < -0.39 is 11.4 Å². The molecule has 0 saturated carbocycles. The van der Waals surface area contributed by atoms with Crippen molar-refractivity contribution in [2.24, 2.45) is 0 Å². The molecule has 6 nitrogen and oxygen atoms in total. The number of phenolic OH excluding ortho intramolecular Hbond substituents is 1. The average molecular weight is 475 g/mol. The zero-order valence-electron chi connectivity index (χ0n) is 17.1. The van der Waals surface area contributed by atoms with Gasteiger partial charge in [0.15, 0.2) is 0 Å². The molecule has 0 spiro atoms. The van der Waals surface area contributed by atoms with Gasteiger partial charge in [0.2, 0.25) is 0 Å². The Balaban J connectivity index is 0.000000990. The summed E-state index contributed by atoms with van der Waals surface area (Å²) in [6, 6.07) is 9.37. The number of hydrogen-bond donors (Lipinski definition) is 2. The minimum atomic E-state index is -0.545. The van der Waals surface area contributed by atoms with E-state index in [-0.39, 0.29) is 50.6 Å². The van der Waals surface area contributed by atoms with Gasteiger partial charge in [0.1, 0.15) is 17.1 Å². The maximum Gasteiger partial charge on any atom is 0.340 e. The van der Waals surface area contributed by atoms with E-state index in [1.54, 1.807) is 32.3 Å². The number of phenols is 1. The molecule has 1 aromatic heterocycles. The number of nitrogen functional groups attached to an aromatic ring is 1. The van der Waals surface area contributed by atoms with Gasteiger partial charge in [-0.2, -0.15) is 14.1 Å². The standard InChI is InChI=1S/C19H19FN2O3.C2H6N.Y/c1-22(2)10-15-13-7-6-12(23)9-17(13)25-19(24)14(15)8-11-4-3-5-16(21)18(11)20;1-3-2;/h3-7,9,23H,8,10,21H2,1-2H3;1-2H3;/q;-1;. The zero-order valence-corrected chi connectivity index (χ0v) is 19.9. The quantitative estimate of drug-likeness (QED) is 0.445. The Hall–Kier alpha value is -1.80. The molecule has 1 radical (unpaired) electrons. The Bertz CT molecular complexity index is 1020. The normalized spacial score (nSPS) is 10.4. The van der Waals surface area contributed by atoms with Gasteiger partial charge in [0, 0.05) is 62.7 Å². The molecule has 153 valence electrons. The summed E-state index contributed by atoms with van der Waals surface area (Å²) < 4.78 is 19.6. The molecule has 0 unspecified atom stereocenters. The molecule has 1 heterocycles. The number of nitrogens with two attached hydrogens (primary N) is 1. The Morgan fingerprint density at radius 3 is 2.45 bits per heavy atom. The van der Waals surface area contributed by atoms with Crippen LogP contribution in [0.25, 0.3) is 16.3 Å². The van der Waals surface area contributed by atoms with Gasteiger partial charge in [-0.3, -0.25) is 0 Å². The van der Waals surface area contributed by atoms with Crippen LogP contribution in [0, 0.1) is 5.82 Å². The first-order valence-corrected chi connectivity index (χ1v) is 8.71. The van der Waals surface area contributed by atoms with Gasteiger partial charge >= 0.3 is 5.63 Å². The molecule has 3 rings (SSSR count). The van der Waals surface area contributed by atoms with E-state index in [0.717, 1.165) is 5.56 Å². The molecular weight excluding hydrogens is 450 g/mol. The molecule has 0 bridgehead atoms. The molecule has 0 amide bonds. The largest absolute Gasteiger partial charge is 0.668 e. The Morgan fingerprint density at radius 1 is 1.17 bits per heavy atom.